The van der Waals surface area contributed by atoms with E-state index in [4.69, 9.17) is 11.6 Å². The molecule has 2 rings (SSSR count). The van der Waals surface area contributed by atoms with E-state index in [-0.39, 0.29) is 5.38 Å². The monoisotopic (exact) mass is 294 g/mol. The van der Waals surface area contributed by atoms with Crippen LogP contribution in [0, 0.1) is 12.8 Å². The zero-order valence-electron chi connectivity index (χ0n) is 9.76. The summed E-state index contributed by atoms with van der Waals surface area (Å²) in [5.74, 6) is 0.367. The minimum atomic E-state index is -3.39. The maximum atomic E-state index is 12.3. The van der Waals surface area contributed by atoms with Crippen molar-refractivity contribution in [1.29, 1.82) is 0 Å². The summed E-state index contributed by atoms with van der Waals surface area (Å²) >= 11 is 7.35. The van der Waals surface area contributed by atoms with Gasteiger partial charge in [0.15, 0.2) is 4.21 Å². The van der Waals surface area contributed by atoms with Crippen LogP contribution in [-0.4, -0.2) is 36.2 Å². The summed E-state index contributed by atoms with van der Waals surface area (Å²) in [6, 6.07) is 0. The van der Waals surface area contributed by atoms with Crippen LogP contribution in [0.1, 0.15) is 18.4 Å². The Bertz CT molecular complexity index is 500. The van der Waals surface area contributed by atoms with Crippen LogP contribution in [0.15, 0.2) is 10.4 Å². The number of aromatic nitrogens is 1. The minimum absolute atomic E-state index is 0.104. The highest BCUT2D eigenvalue weighted by Gasteiger charge is 2.33. The van der Waals surface area contributed by atoms with Gasteiger partial charge in [0.1, 0.15) is 0 Å². The van der Waals surface area contributed by atoms with E-state index in [1.54, 1.807) is 6.92 Å². The molecule has 0 aromatic carbocycles. The lowest BCUT2D eigenvalue weighted by atomic mass is 10.0. The Balaban J connectivity index is 2.22. The first-order valence-electron chi connectivity index (χ1n) is 5.48. The first kappa shape index (κ1) is 13.3. The van der Waals surface area contributed by atoms with Gasteiger partial charge in [0, 0.05) is 18.5 Å². The lowest BCUT2D eigenvalue weighted by Gasteiger charge is -2.32. The molecular weight excluding hydrogens is 280 g/mol. The van der Waals surface area contributed by atoms with Crippen LogP contribution in [0.25, 0.3) is 0 Å². The van der Waals surface area contributed by atoms with Crippen LogP contribution < -0.4 is 0 Å². The van der Waals surface area contributed by atoms with Crippen LogP contribution in [-0.2, 0) is 10.0 Å². The number of piperidine rings is 1. The third kappa shape index (κ3) is 2.65. The summed E-state index contributed by atoms with van der Waals surface area (Å²) in [4.78, 5) is 3.99. The molecule has 1 saturated heterocycles. The van der Waals surface area contributed by atoms with Gasteiger partial charge >= 0.3 is 0 Å². The molecule has 1 aromatic heterocycles. The lowest BCUT2D eigenvalue weighted by molar-refractivity contribution is 0.293. The van der Waals surface area contributed by atoms with Gasteiger partial charge in [0.05, 0.1) is 11.2 Å². The highest BCUT2D eigenvalue weighted by Crippen LogP contribution is 2.28. The van der Waals surface area contributed by atoms with Crippen LogP contribution in [0.5, 0.6) is 0 Å². The molecule has 1 aromatic rings. The van der Waals surface area contributed by atoms with Crippen molar-refractivity contribution in [2.45, 2.75) is 29.9 Å². The number of hydrogen-bond donors (Lipinski definition) is 0. The highest BCUT2D eigenvalue weighted by molar-refractivity contribution is 7.91. The molecule has 0 saturated carbocycles. The largest absolute Gasteiger partial charge is 0.254 e. The van der Waals surface area contributed by atoms with Crippen molar-refractivity contribution in [3.8, 4) is 0 Å². The number of nitrogens with zero attached hydrogens (tertiary/aromatic N) is 2. The van der Waals surface area contributed by atoms with Gasteiger partial charge in [-0.1, -0.05) is 6.92 Å². The summed E-state index contributed by atoms with van der Waals surface area (Å²) in [6.07, 6.45) is 2.24. The number of rotatable bonds is 2. The standard InChI is InChI=1S/C10H15ClN2O2S2/c1-7-3-4-13(6-9(7)11)17(14,15)10-5-12-8(2)16-10/h5,7,9H,3-4,6H2,1-2H3. The molecule has 0 amide bonds. The van der Waals surface area contributed by atoms with Gasteiger partial charge in [-0.3, -0.25) is 0 Å². The second-order valence-electron chi connectivity index (χ2n) is 4.34. The maximum absolute atomic E-state index is 12.3. The summed E-state index contributed by atoms with van der Waals surface area (Å²) < 4.78 is 26.4. The normalized spacial score (nSPS) is 27.2. The third-order valence-corrected chi connectivity index (χ3v) is 6.81. The van der Waals surface area contributed by atoms with Crippen molar-refractivity contribution in [1.82, 2.24) is 9.29 Å². The van der Waals surface area contributed by atoms with Gasteiger partial charge in [-0.25, -0.2) is 13.4 Å². The van der Waals surface area contributed by atoms with Crippen molar-refractivity contribution in [2.75, 3.05) is 13.1 Å². The topological polar surface area (TPSA) is 50.3 Å². The Labute approximate surface area is 111 Å². The number of halogens is 1. The molecule has 0 N–H and O–H groups in total. The molecule has 0 radical (unpaired) electrons. The van der Waals surface area contributed by atoms with Crippen molar-refractivity contribution in [3.05, 3.63) is 11.2 Å². The van der Waals surface area contributed by atoms with Gasteiger partial charge < -0.3 is 0 Å². The first-order chi connectivity index (χ1) is 7.91. The predicted molar refractivity (Wildman–Crippen MR) is 69.0 cm³/mol. The van der Waals surface area contributed by atoms with Crippen LogP contribution in [0.3, 0.4) is 0 Å². The smallest absolute Gasteiger partial charge is 0.249 e. The molecule has 2 unspecified atom stereocenters. The van der Waals surface area contributed by atoms with E-state index in [1.807, 2.05) is 0 Å². The quantitative estimate of drug-likeness (QED) is 0.785. The van der Waals surface area contributed by atoms with Crippen molar-refractivity contribution < 1.29 is 8.42 Å². The van der Waals surface area contributed by atoms with Gasteiger partial charge in [-0.05, 0) is 19.3 Å². The Hall–Kier alpha value is -0.170. The molecule has 0 aliphatic carbocycles. The number of thiazole rings is 1. The van der Waals surface area contributed by atoms with Crippen LogP contribution in [0.2, 0.25) is 0 Å². The Morgan fingerprint density at radius 2 is 2.29 bits per heavy atom. The molecule has 2 atom stereocenters. The van der Waals surface area contributed by atoms with E-state index in [9.17, 15) is 8.42 Å². The van der Waals surface area contributed by atoms with E-state index in [0.29, 0.717) is 23.2 Å². The molecule has 4 nitrogen and oxygen atoms in total. The van der Waals surface area contributed by atoms with E-state index in [1.165, 1.54) is 21.8 Å². The molecule has 2 heterocycles. The summed E-state index contributed by atoms with van der Waals surface area (Å²) in [5, 5.41) is 0.656. The van der Waals surface area contributed by atoms with Gasteiger partial charge in [-0.15, -0.1) is 22.9 Å². The molecule has 0 bridgehead atoms. The van der Waals surface area contributed by atoms with Crippen molar-refractivity contribution in [2.24, 2.45) is 5.92 Å². The van der Waals surface area contributed by atoms with Crippen molar-refractivity contribution in [3.63, 3.8) is 0 Å². The van der Waals surface area contributed by atoms with Gasteiger partial charge in [-0.2, -0.15) is 4.31 Å². The number of hydrogen-bond acceptors (Lipinski definition) is 4. The summed E-state index contributed by atoms with van der Waals surface area (Å²) in [5.41, 5.74) is 0. The second-order valence-corrected chi connectivity index (χ2v) is 8.30. The zero-order valence-corrected chi connectivity index (χ0v) is 12.1. The Kier molecular flexibility index (Phi) is 3.77. The molecule has 1 aliphatic rings. The van der Waals surface area contributed by atoms with E-state index < -0.39 is 10.0 Å². The maximum Gasteiger partial charge on any atom is 0.254 e. The number of aryl methyl sites for hydroxylation is 1. The van der Waals surface area contributed by atoms with E-state index in [0.717, 1.165) is 11.4 Å². The molecule has 17 heavy (non-hydrogen) atoms. The first-order valence-corrected chi connectivity index (χ1v) is 8.17. The van der Waals surface area contributed by atoms with E-state index in [2.05, 4.69) is 11.9 Å². The Morgan fingerprint density at radius 3 is 2.82 bits per heavy atom. The molecule has 1 aliphatic heterocycles. The predicted octanol–water partition coefficient (Wildman–Crippen LogP) is 2.09. The van der Waals surface area contributed by atoms with Gasteiger partial charge in [0.25, 0.3) is 10.0 Å². The molecular formula is C10H15ClN2O2S2. The average molecular weight is 295 g/mol. The summed E-state index contributed by atoms with van der Waals surface area (Å²) in [6.45, 7) is 4.79. The fraction of sp³-hybridized carbons (Fsp3) is 0.700. The average Bonchev–Trinajstić information content (AvgIpc) is 2.69. The SMILES string of the molecule is Cc1ncc(S(=O)(=O)N2CCC(C)C(Cl)C2)s1. The Morgan fingerprint density at radius 1 is 1.59 bits per heavy atom. The van der Waals surface area contributed by atoms with Gasteiger partial charge in [0.2, 0.25) is 0 Å². The summed E-state index contributed by atoms with van der Waals surface area (Å²) in [7, 11) is -3.39. The lowest BCUT2D eigenvalue weighted by Crippen LogP contribution is -2.43. The number of sulfonamides is 1. The molecule has 1 fully saturated rings. The fourth-order valence-corrected chi connectivity index (χ4v) is 4.92. The minimum Gasteiger partial charge on any atom is -0.249 e. The second kappa shape index (κ2) is 4.84. The zero-order chi connectivity index (χ0) is 12.6. The molecule has 7 heteroatoms. The highest BCUT2D eigenvalue weighted by atomic mass is 35.5. The fourth-order valence-electron chi connectivity index (χ4n) is 1.80. The molecule has 96 valence electrons. The molecule has 0 spiro atoms. The van der Waals surface area contributed by atoms with Crippen LogP contribution >= 0.6 is 22.9 Å². The number of alkyl halides is 1. The van der Waals surface area contributed by atoms with Crippen molar-refractivity contribution >= 4 is 33.0 Å². The third-order valence-electron chi connectivity index (χ3n) is 3.02. The van der Waals surface area contributed by atoms with E-state index >= 15 is 0 Å². The van der Waals surface area contributed by atoms with Crippen LogP contribution in [0.4, 0.5) is 0 Å².